The lowest BCUT2D eigenvalue weighted by Gasteiger charge is -2.35. The summed E-state index contributed by atoms with van der Waals surface area (Å²) in [4.78, 5) is 16.4. The molecule has 0 bridgehead atoms. The lowest BCUT2D eigenvalue weighted by molar-refractivity contribution is 0.100. The first-order chi connectivity index (χ1) is 8.61. The Morgan fingerprint density at radius 1 is 1.39 bits per heavy atom. The van der Waals surface area contributed by atoms with E-state index in [4.69, 9.17) is 11.5 Å². The lowest BCUT2D eigenvalue weighted by Crippen LogP contribution is -2.46. The molecule has 0 saturated carbocycles. The maximum Gasteiger partial charge on any atom is 0.260 e. The van der Waals surface area contributed by atoms with Gasteiger partial charge in [-0.2, -0.15) is 0 Å². The van der Waals surface area contributed by atoms with E-state index in [2.05, 4.69) is 16.7 Å². The number of carbonyl (C=O) groups is 1. The van der Waals surface area contributed by atoms with Crippen LogP contribution in [0.25, 0.3) is 0 Å². The molecule has 4 N–H and O–H groups in total. The number of rotatable bonds is 4. The number of piperazine rings is 1. The number of anilines is 2. The van der Waals surface area contributed by atoms with Crippen LogP contribution in [-0.2, 0) is 0 Å². The maximum absolute atomic E-state index is 11.2. The third kappa shape index (κ3) is 2.76. The fourth-order valence-corrected chi connectivity index (χ4v) is 3.23. The first-order valence-corrected chi connectivity index (χ1v) is 7.10. The number of amides is 1. The summed E-state index contributed by atoms with van der Waals surface area (Å²) in [5.74, 6) is -0.437. The van der Waals surface area contributed by atoms with Crippen LogP contribution in [-0.4, -0.2) is 43.5 Å². The van der Waals surface area contributed by atoms with Crippen molar-refractivity contribution < 1.29 is 4.79 Å². The molecule has 1 aromatic heterocycles. The molecule has 1 aromatic rings. The summed E-state index contributed by atoms with van der Waals surface area (Å²) in [6.07, 6.45) is 1.19. The number of hydrogen-bond donors (Lipinski definition) is 2. The number of nitrogens with two attached hydrogens (primary N) is 2. The second-order valence-corrected chi connectivity index (χ2v) is 5.59. The van der Waals surface area contributed by atoms with Gasteiger partial charge in [0.2, 0.25) is 0 Å². The Kier molecular flexibility index (Phi) is 4.08. The standard InChI is InChI=1S/C12H20N4OS/c1-2-3-15-4-6-16(7-5-15)10-8-9(13)11(18-10)12(14)17/h8H,2-7,13H2,1H3,(H2,14,17). The van der Waals surface area contributed by atoms with Gasteiger partial charge in [-0.3, -0.25) is 9.69 Å². The number of thiophene rings is 1. The summed E-state index contributed by atoms with van der Waals surface area (Å²) in [5.41, 5.74) is 11.6. The molecule has 0 aromatic carbocycles. The number of nitrogen functional groups attached to an aromatic ring is 1. The SMILES string of the molecule is CCCN1CCN(c2cc(N)c(C(N)=O)s2)CC1. The molecule has 0 aliphatic carbocycles. The van der Waals surface area contributed by atoms with Gasteiger partial charge in [0.1, 0.15) is 4.88 Å². The van der Waals surface area contributed by atoms with Crippen LogP contribution in [0.15, 0.2) is 6.07 Å². The maximum atomic E-state index is 11.2. The van der Waals surface area contributed by atoms with Crippen LogP contribution in [0.2, 0.25) is 0 Å². The quantitative estimate of drug-likeness (QED) is 0.853. The number of nitrogens with zero attached hydrogens (tertiary/aromatic N) is 2. The Labute approximate surface area is 111 Å². The van der Waals surface area contributed by atoms with E-state index < -0.39 is 5.91 Å². The predicted octanol–water partition coefficient (Wildman–Crippen LogP) is 0.961. The second kappa shape index (κ2) is 5.58. The van der Waals surface area contributed by atoms with Gasteiger partial charge >= 0.3 is 0 Å². The second-order valence-electron chi connectivity index (χ2n) is 4.56. The zero-order valence-electron chi connectivity index (χ0n) is 10.7. The molecular weight excluding hydrogens is 248 g/mol. The van der Waals surface area contributed by atoms with Crippen LogP contribution in [0.5, 0.6) is 0 Å². The Hall–Kier alpha value is -1.27. The van der Waals surface area contributed by atoms with Crippen molar-refractivity contribution in [2.24, 2.45) is 5.73 Å². The highest BCUT2D eigenvalue weighted by atomic mass is 32.1. The van der Waals surface area contributed by atoms with Gasteiger partial charge in [-0.25, -0.2) is 0 Å². The largest absolute Gasteiger partial charge is 0.397 e. The van der Waals surface area contributed by atoms with Crippen molar-refractivity contribution in [2.45, 2.75) is 13.3 Å². The Morgan fingerprint density at radius 2 is 2.06 bits per heavy atom. The molecular formula is C12H20N4OS. The molecule has 0 unspecified atom stereocenters. The summed E-state index contributed by atoms with van der Waals surface area (Å²) in [6.45, 7) is 7.46. The Bertz CT molecular complexity index is 424. The van der Waals surface area contributed by atoms with E-state index in [1.54, 1.807) is 0 Å². The van der Waals surface area contributed by atoms with Gasteiger partial charge in [-0.15, -0.1) is 11.3 Å². The molecule has 1 saturated heterocycles. The molecule has 0 radical (unpaired) electrons. The normalized spacial score (nSPS) is 17.1. The van der Waals surface area contributed by atoms with E-state index >= 15 is 0 Å². The Balaban J connectivity index is 2.01. The van der Waals surface area contributed by atoms with E-state index in [0.29, 0.717) is 10.6 Å². The minimum absolute atomic E-state index is 0.437. The number of hydrogen-bond acceptors (Lipinski definition) is 5. The third-order valence-corrected chi connectivity index (χ3v) is 4.42. The molecule has 1 aliphatic heterocycles. The molecule has 0 atom stereocenters. The zero-order chi connectivity index (χ0) is 13.1. The van der Waals surface area contributed by atoms with Crippen LogP contribution in [0.4, 0.5) is 10.7 Å². The van der Waals surface area contributed by atoms with Gasteiger partial charge in [0.05, 0.1) is 10.7 Å². The molecule has 2 rings (SSSR count). The van der Waals surface area contributed by atoms with Crippen molar-refractivity contribution in [3.05, 3.63) is 10.9 Å². The van der Waals surface area contributed by atoms with Gasteiger partial charge in [0, 0.05) is 26.2 Å². The van der Waals surface area contributed by atoms with Crippen LogP contribution in [0.3, 0.4) is 0 Å². The van der Waals surface area contributed by atoms with E-state index in [-0.39, 0.29) is 0 Å². The molecule has 0 spiro atoms. The van der Waals surface area contributed by atoms with Crippen molar-refractivity contribution >= 4 is 27.9 Å². The highest BCUT2D eigenvalue weighted by Gasteiger charge is 2.20. The summed E-state index contributed by atoms with van der Waals surface area (Å²) < 4.78 is 0. The number of primary amides is 1. The van der Waals surface area contributed by atoms with E-state index in [1.807, 2.05) is 6.07 Å². The molecule has 5 nitrogen and oxygen atoms in total. The number of carbonyl (C=O) groups excluding carboxylic acids is 1. The topological polar surface area (TPSA) is 75.6 Å². The van der Waals surface area contributed by atoms with Gasteiger partial charge in [-0.05, 0) is 19.0 Å². The third-order valence-electron chi connectivity index (χ3n) is 3.20. The summed E-state index contributed by atoms with van der Waals surface area (Å²) >= 11 is 1.40. The minimum Gasteiger partial charge on any atom is -0.397 e. The fourth-order valence-electron chi connectivity index (χ4n) is 2.25. The average Bonchev–Trinajstić information content (AvgIpc) is 2.73. The summed E-state index contributed by atoms with van der Waals surface area (Å²) in [5, 5.41) is 1.05. The molecule has 100 valence electrons. The van der Waals surface area contributed by atoms with Crippen molar-refractivity contribution in [3.8, 4) is 0 Å². The average molecular weight is 268 g/mol. The minimum atomic E-state index is -0.437. The monoisotopic (exact) mass is 268 g/mol. The van der Waals surface area contributed by atoms with E-state index in [1.165, 1.54) is 17.8 Å². The van der Waals surface area contributed by atoms with Gasteiger partial charge in [0.25, 0.3) is 5.91 Å². The molecule has 1 fully saturated rings. The molecule has 1 aliphatic rings. The molecule has 18 heavy (non-hydrogen) atoms. The van der Waals surface area contributed by atoms with Gasteiger partial charge < -0.3 is 16.4 Å². The first-order valence-electron chi connectivity index (χ1n) is 6.28. The van der Waals surface area contributed by atoms with Gasteiger partial charge in [-0.1, -0.05) is 6.92 Å². The predicted molar refractivity (Wildman–Crippen MR) is 76.2 cm³/mol. The first kappa shape index (κ1) is 13.2. The summed E-state index contributed by atoms with van der Waals surface area (Å²) in [6, 6.07) is 1.86. The van der Waals surface area contributed by atoms with E-state index in [0.717, 1.165) is 37.7 Å². The van der Waals surface area contributed by atoms with Crippen LogP contribution in [0, 0.1) is 0 Å². The smallest absolute Gasteiger partial charge is 0.260 e. The molecule has 2 heterocycles. The van der Waals surface area contributed by atoms with Crippen molar-refractivity contribution in [3.63, 3.8) is 0 Å². The highest BCUT2D eigenvalue weighted by Crippen LogP contribution is 2.32. The molecule has 1 amide bonds. The van der Waals surface area contributed by atoms with Crippen LogP contribution >= 0.6 is 11.3 Å². The van der Waals surface area contributed by atoms with Gasteiger partial charge in [0.15, 0.2) is 0 Å². The van der Waals surface area contributed by atoms with Crippen molar-refractivity contribution in [1.82, 2.24) is 4.90 Å². The zero-order valence-corrected chi connectivity index (χ0v) is 11.5. The lowest BCUT2D eigenvalue weighted by atomic mass is 10.3. The fraction of sp³-hybridized carbons (Fsp3) is 0.583. The summed E-state index contributed by atoms with van der Waals surface area (Å²) in [7, 11) is 0. The molecule has 6 heteroatoms. The van der Waals surface area contributed by atoms with Crippen LogP contribution in [0.1, 0.15) is 23.0 Å². The highest BCUT2D eigenvalue weighted by molar-refractivity contribution is 7.18. The van der Waals surface area contributed by atoms with Crippen LogP contribution < -0.4 is 16.4 Å². The van der Waals surface area contributed by atoms with E-state index in [9.17, 15) is 4.79 Å². The Morgan fingerprint density at radius 3 is 2.56 bits per heavy atom. The van der Waals surface area contributed by atoms with Crippen molar-refractivity contribution in [2.75, 3.05) is 43.4 Å². The van der Waals surface area contributed by atoms with Crippen molar-refractivity contribution in [1.29, 1.82) is 0 Å².